The van der Waals surface area contributed by atoms with Crippen molar-refractivity contribution in [3.8, 4) is 11.3 Å². The number of rotatable bonds is 9. The summed E-state index contributed by atoms with van der Waals surface area (Å²) in [6, 6.07) is 82.3. The van der Waals surface area contributed by atoms with Crippen LogP contribution in [0.3, 0.4) is 0 Å². The first-order valence-electron chi connectivity index (χ1n) is 24.1. The van der Waals surface area contributed by atoms with Gasteiger partial charge in [-0.05, 0) is 99.6 Å². The molecule has 0 fully saturated rings. The van der Waals surface area contributed by atoms with Gasteiger partial charge in [0.05, 0.1) is 11.0 Å². The van der Waals surface area contributed by atoms with Gasteiger partial charge in [-0.3, -0.25) is 0 Å². The van der Waals surface area contributed by atoms with Crippen LogP contribution in [0.1, 0.15) is 44.5 Å². The fourth-order valence-corrected chi connectivity index (χ4v) is 10.7. The Morgan fingerprint density at radius 2 is 0.714 bits per heavy atom. The molecular formula is C64H48Br2F2N6Y3. The molecule has 12 rings (SSSR count). The van der Waals surface area contributed by atoms with Gasteiger partial charge in [-0.15, -0.1) is 0 Å². The number of benzene rings is 8. The second-order valence-corrected chi connectivity index (χ2v) is 19.5. The Hall–Kier alpha value is -4.87. The number of pyridine rings is 2. The molecule has 0 bridgehead atoms. The zero-order valence-corrected chi connectivity index (χ0v) is 53.9. The summed E-state index contributed by atoms with van der Waals surface area (Å²) in [5.41, 5.74) is 11.2. The molecule has 0 atom stereocenters. The standard InChI is InChI=1S/C32H24FN3.C27H21BrN2.C5H3BrFN.3Y/c1-23-17-18-29-28(21-23)31(24-19-20-34-30(33)22-24)35-36(29)32(25-11-5-2-6-12-25,26-13-7-3-8-14-26)27-15-9-4-10-16-27;1-20-17-18-25-24(19-20)26(28)29-30(25)27(21-11-5-2-6-12-21,22-13-7-3-8-14-22)23-15-9-4-10-16-23;6-4-1-2-8-5(7)3-4;;;/h2-22H,1H3;2-19H,1H3;1-3H;;;. The normalized spacial score (nSPS) is 10.9. The van der Waals surface area contributed by atoms with Crippen LogP contribution in [0.2, 0.25) is 0 Å². The van der Waals surface area contributed by atoms with Crippen LogP contribution in [-0.2, 0) is 109 Å². The van der Waals surface area contributed by atoms with E-state index in [2.05, 4.69) is 265 Å². The minimum Gasteiger partial charge on any atom is -0.245 e. The van der Waals surface area contributed by atoms with E-state index in [1.165, 1.54) is 46.8 Å². The zero-order chi connectivity index (χ0) is 51.1. The molecule has 6 nitrogen and oxygen atoms in total. The smallest absolute Gasteiger partial charge is 0.213 e. The van der Waals surface area contributed by atoms with Crippen molar-refractivity contribution < 1.29 is 107 Å². The van der Waals surface area contributed by atoms with E-state index >= 15 is 0 Å². The van der Waals surface area contributed by atoms with Crippen LogP contribution in [0, 0.1) is 25.7 Å². The van der Waals surface area contributed by atoms with E-state index in [1.54, 1.807) is 6.07 Å². The van der Waals surface area contributed by atoms with Gasteiger partial charge in [-0.1, -0.05) is 221 Å². The summed E-state index contributed by atoms with van der Waals surface area (Å²) in [5, 5.41) is 12.4. The summed E-state index contributed by atoms with van der Waals surface area (Å²) < 4.78 is 32.1. The van der Waals surface area contributed by atoms with Gasteiger partial charge < -0.3 is 0 Å². The first-order valence-corrected chi connectivity index (χ1v) is 25.6. The molecule has 4 aromatic heterocycles. The molecule has 0 unspecified atom stereocenters. The molecule has 371 valence electrons. The predicted molar refractivity (Wildman–Crippen MR) is 301 cm³/mol. The fourth-order valence-electron chi connectivity index (χ4n) is 9.89. The number of aromatic nitrogens is 6. The molecule has 0 aliphatic carbocycles. The van der Waals surface area contributed by atoms with Gasteiger partial charge in [0.1, 0.15) is 21.4 Å². The minimum absolute atomic E-state index is 0. The van der Waals surface area contributed by atoms with E-state index < -0.39 is 23.0 Å². The van der Waals surface area contributed by atoms with Gasteiger partial charge in [-0.25, -0.2) is 19.3 Å². The summed E-state index contributed by atoms with van der Waals surface area (Å²) in [6.07, 6.45) is 2.89. The second kappa shape index (κ2) is 27.3. The molecular weight excluding hydrogens is 1320 g/mol. The van der Waals surface area contributed by atoms with Crippen LogP contribution in [0.25, 0.3) is 33.1 Å². The van der Waals surface area contributed by atoms with E-state index in [-0.39, 0.29) is 98.1 Å². The first kappa shape index (κ1) is 59.8. The Labute approximate surface area is 540 Å². The number of aryl methyl sites for hydroxylation is 2. The SMILES string of the molecule is Cc1ccc2c(c1)c(-c1ccnc(F)c1)nn2C(c1ccccc1)(c1ccccc1)c1ccccc1.Cc1ccc2c(c1)c(Br)nn2C(c1ccccc1)(c1ccccc1)c1ccccc1.Fc1cc(Br)ccn1.[Y].[Y].[Y]. The van der Waals surface area contributed by atoms with Crippen molar-refractivity contribution in [2.75, 3.05) is 0 Å². The zero-order valence-electron chi connectivity index (χ0n) is 42.2. The molecule has 0 N–H and O–H groups in total. The molecule has 0 amide bonds. The maximum Gasteiger partial charge on any atom is 0.213 e. The Bertz CT molecular complexity index is 3610. The van der Waals surface area contributed by atoms with Gasteiger partial charge in [-0.2, -0.15) is 19.0 Å². The third-order valence-corrected chi connectivity index (χ3v) is 14.2. The molecule has 0 aliphatic rings. The largest absolute Gasteiger partial charge is 0.245 e. The van der Waals surface area contributed by atoms with Gasteiger partial charge >= 0.3 is 0 Å². The summed E-state index contributed by atoms with van der Waals surface area (Å²) in [4.78, 5) is 7.10. The quantitative estimate of drug-likeness (QED) is 0.107. The van der Waals surface area contributed by atoms with Gasteiger partial charge in [0.2, 0.25) is 11.9 Å². The average Bonchev–Trinajstić information content (AvgIpc) is 4.09. The average molecular weight is 1370 g/mol. The van der Waals surface area contributed by atoms with E-state index in [9.17, 15) is 8.78 Å². The Balaban J connectivity index is 0.000000191. The summed E-state index contributed by atoms with van der Waals surface area (Å²) in [7, 11) is 0. The molecule has 77 heavy (non-hydrogen) atoms. The molecule has 12 aromatic rings. The third-order valence-electron chi connectivity index (χ3n) is 13.1. The summed E-state index contributed by atoms with van der Waals surface area (Å²) in [5.74, 6) is -0.984. The number of fused-ring (bicyclic) bond motifs is 2. The van der Waals surface area contributed by atoms with E-state index in [0.29, 0.717) is 10.0 Å². The maximum absolute atomic E-state index is 14.2. The minimum atomic E-state index is -0.763. The molecule has 13 heteroatoms. The second-order valence-electron chi connectivity index (χ2n) is 17.8. The van der Waals surface area contributed by atoms with Crippen molar-refractivity contribution in [1.82, 2.24) is 29.5 Å². The van der Waals surface area contributed by atoms with Crippen molar-refractivity contribution >= 4 is 53.7 Å². The topological polar surface area (TPSA) is 61.4 Å². The van der Waals surface area contributed by atoms with Crippen molar-refractivity contribution in [2.45, 2.75) is 24.9 Å². The number of hydrogen-bond acceptors (Lipinski definition) is 4. The molecule has 0 saturated carbocycles. The Morgan fingerprint density at radius 3 is 1.06 bits per heavy atom. The van der Waals surface area contributed by atoms with Crippen molar-refractivity contribution in [3.63, 3.8) is 0 Å². The monoisotopic (exact) mass is 1360 g/mol. The van der Waals surface area contributed by atoms with E-state index in [0.717, 1.165) is 54.4 Å². The summed E-state index contributed by atoms with van der Waals surface area (Å²) in [6.45, 7) is 4.18. The van der Waals surface area contributed by atoms with Crippen molar-refractivity contribution in [3.05, 3.63) is 321 Å². The van der Waals surface area contributed by atoms with Crippen LogP contribution in [0.4, 0.5) is 8.78 Å². The Kier molecular flexibility index (Phi) is 21.2. The van der Waals surface area contributed by atoms with Crippen LogP contribution in [-0.4, -0.2) is 29.5 Å². The van der Waals surface area contributed by atoms with E-state index in [4.69, 9.17) is 10.2 Å². The molecule has 8 aromatic carbocycles. The van der Waals surface area contributed by atoms with Gasteiger partial charge in [0.15, 0.2) is 0 Å². The fraction of sp³-hybridized carbons (Fsp3) is 0.0625. The molecule has 0 spiro atoms. The summed E-state index contributed by atoms with van der Waals surface area (Å²) >= 11 is 6.81. The van der Waals surface area contributed by atoms with Crippen molar-refractivity contribution in [1.29, 1.82) is 0 Å². The first-order chi connectivity index (χ1) is 36.2. The predicted octanol–water partition coefficient (Wildman–Crippen LogP) is 16.3. The van der Waals surface area contributed by atoms with Gasteiger partial charge in [0, 0.05) is 143 Å². The molecule has 4 heterocycles. The van der Waals surface area contributed by atoms with Crippen LogP contribution in [0.5, 0.6) is 0 Å². The number of halogens is 4. The van der Waals surface area contributed by atoms with Gasteiger partial charge in [0.25, 0.3) is 0 Å². The van der Waals surface area contributed by atoms with Crippen LogP contribution >= 0.6 is 31.9 Å². The molecule has 3 radical (unpaired) electrons. The molecule has 0 saturated heterocycles. The molecule has 0 aliphatic heterocycles. The maximum atomic E-state index is 14.2. The van der Waals surface area contributed by atoms with E-state index in [1.807, 2.05) is 24.3 Å². The van der Waals surface area contributed by atoms with Crippen LogP contribution < -0.4 is 0 Å². The van der Waals surface area contributed by atoms with Crippen LogP contribution in [0.15, 0.2) is 264 Å². The number of hydrogen-bond donors (Lipinski definition) is 0. The van der Waals surface area contributed by atoms with Crippen molar-refractivity contribution in [2.24, 2.45) is 0 Å². The number of nitrogens with zero attached hydrogens (tertiary/aromatic N) is 6. The third kappa shape index (κ3) is 12.5. The Morgan fingerprint density at radius 1 is 0.377 bits per heavy atom.